The van der Waals surface area contributed by atoms with E-state index < -0.39 is 29.2 Å². The molecule has 0 bridgehead atoms. The van der Waals surface area contributed by atoms with Crippen molar-refractivity contribution in [3.05, 3.63) is 68.8 Å². The van der Waals surface area contributed by atoms with Crippen molar-refractivity contribution >= 4 is 0 Å². The van der Waals surface area contributed by atoms with E-state index in [0.29, 0.717) is 23.3 Å². The molecule has 2 N–H and O–H groups in total. The monoisotopic (exact) mass is 594 g/mol. The molecule has 2 atom stereocenters. The second-order valence-electron chi connectivity index (χ2n) is 12.7. The number of aliphatic hydroxyl groups is 2. The van der Waals surface area contributed by atoms with Crippen LogP contribution in [0.3, 0.4) is 0 Å². The number of nitrogens with zero attached hydrogens (tertiary/aromatic N) is 8. The van der Waals surface area contributed by atoms with Gasteiger partial charge in [-0.1, -0.05) is 0 Å². The first kappa shape index (κ1) is 31.1. The molecule has 1 saturated heterocycles. The third kappa shape index (κ3) is 4.25. The molecule has 12 heteroatoms. The van der Waals surface area contributed by atoms with Crippen LogP contribution in [-0.4, -0.2) is 66.4 Å². The van der Waals surface area contributed by atoms with Crippen molar-refractivity contribution in [2.75, 3.05) is 0 Å². The maximum Gasteiger partial charge on any atom is 0.209 e. The van der Waals surface area contributed by atoms with Gasteiger partial charge in [0.2, 0.25) is 11.2 Å². The van der Waals surface area contributed by atoms with Crippen molar-refractivity contribution < 1.29 is 19.7 Å². The van der Waals surface area contributed by atoms with E-state index in [1.165, 1.54) is 0 Å². The lowest BCUT2D eigenvalue weighted by atomic mass is 9.81. The molecule has 1 fully saturated rings. The molecule has 0 aliphatic carbocycles. The molecule has 4 aromatic rings. The van der Waals surface area contributed by atoms with Crippen LogP contribution in [-0.2, 0) is 48.9 Å². The van der Waals surface area contributed by atoms with E-state index in [2.05, 4.69) is 0 Å². The molecule has 0 unspecified atom stereocenters. The Labute approximate surface area is 253 Å². The quantitative estimate of drug-likeness (QED) is 0.349. The molecule has 4 aromatic heterocycles. The average molecular weight is 595 g/mol. The number of rotatable bonds is 6. The summed E-state index contributed by atoms with van der Waals surface area (Å²) in [6, 6.07) is 0. The van der Waals surface area contributed by atoms with Crippen molar-refractivity contribution in [1.82, 2.24) is 38.2 Å². The molecule has 0 aromatic carbocycles. The Morgan fingerprint density at radius 1 is 0.512 bits per heavy atom. The molecule has 5 heterocycles. The second kappa shape index (κ2) is 9.85. The van der Waals surface area contributed by atoms with Crippen molar-refractivity contribution in [3.63, 3.8) is 0 Å². The molecule has 0 spiro atoms. The Bertz CT molecular complexity index is 1510. The SMILES string of the molecule is Cc1nc(C(O)(c2nc(C)c(C)n2C)[C@@H]2OC(C)(C)O[C@H]2C(O)(c2nc(C)c(C)n2C)c2nc(C)c(C)n2C)n(C)c1C. The normalized spacial score (nSPS) is 19.2. The summed E-state index contributed by atoms with van der Waals surface area (Å²) in [7, 11) is 7.43. The Kier molecular flexibility index (Phi) is 7.13. The van der Waals surface area contributed by atoms with Gasteiger partial charge in [-0.15, -0.1) is 0 Å². The summed E-state index contributed by atoms with van der Waals surface area (Å²) >= 11 is 0. The summed E-state index contributed by atoms with van der Waals surface area (Å²) in [6.45, 7) is 18.9. The number of aromatic nitrogens is 8. The minimum Gasteiger partial charge on any atom is -0.372 e. The molecule has 0 radical (unpaired) electrons. The molecule has 0 saturated carbocycles. The zero-order valence-corrected chi connectivity index (χ0v) is 27.9. The highest BCUT2D eigenvalue weighted by Gasteiger charge is 2.66. The fourth-order valence-electron chi connectivity index (χ4n) is 6.31. The Morgan fingerprint density at radius 3 is 0.884 bits per heavy atom. The fraction of sp³-hybridized carbons (Fsp3) is 0.613. The van der Waals surface area contributed by atoms with E-state index in [1.54, 1.807) is 13.8 Å². The molecule has 5 rings (SSSR count). The molecular formula is C31H46N8O4. The minimum atomic E-state index is -1.97. The zero-order valence-electron chi connectivity index (χ0n) is 27.9. The summed E-state index contributed by atoms with van der Waals surface area (Å²) in [5.74, 6) is 0.0939. The fourth-order valence-corrected chi connectivity index (χ4v) is 6.31. The van der Waals surface area contributed by atoms with Crippen LogP contribution in [0.4, 0.5) is 0 Å². The Balaban J connectivity index is 1.89. The topological polar surface area (TPSA) is 130 Å². The standard InChI is InChI=1S/C31H46N8O4/c1-15-19(5)36(11)25(32-15)30(40,26-33-16(2)20(6)37(26)12)23-24(43-29(9,10)42-23)31(41,27-34-17(3)21(7)38(27)13)28-35-18(4)22(8)39(28)14/h23-24,40-41H,1-14H3/t23-,24-/m1/s1. The van der Waals surface area contributed by atoms with Gasteiger partial charge in [-0.3, -0.25) is 0 Å². The van der Waals surface area contributed by atoms with Crippen LogP contribution in [0, 0.1) is 55.4 Å². The summed E-state index contributed by atoms with van der Waals surface area (Å²) in [5, 5.41) is 26.5. The lowest BCUT2D eigenvalue weighted by Crippen LogP contribution is -2.57. The number of hydrogen-bond acceptors (Lipinski definition) is 8. The van der Waals surface area contributed by atoms with Crippen LogP contribution in [0.25, 0.3) is 0 Å². The predicted octanol–water partition coefficient (Wildman–Crippen LogP) is 2.78. The largest absolute Gasteiger partial charge is 0.372 e. The molecular weight excluding hydrogens is 548 g/mol. The van der Waals surface area contributed by atoms with Gasteiger partial charge < -0.3 is 38.0 Å². The van der Waals surface area contributed by atoms with Gasteiger partial charge in [0.05, 0.1) is 22.8 Å². The second-order valence-corrected chi connectivity index (χ2v) is 12.7. The van der Waals surface area contributed by atoms with Gasteiger partial charge in [-0.25, -0.2) is 19.9 Å². The van der Waals surface area contributed by atoms with Gasteiger partial charge in [-0.2, -0.15) is 0 Å². The smallest absolute Gasteiger partial charge is 0.209 e. The number of ether oxygens (including phenoxy) is 2. The Hall–Kier alpha value is -3.32. The minimum absolute atomic E-state index is 0.327. The van der Waals surface area contributed by atoms with E-state index in [9.17, 15) is 10.2 Å². The summed E-state index contributed by atoms with van der Waals surface area (Å²) in [6.07, 6.45) is -2.41. The molecule has 0 amide bonds. The highest BCUT2D eigenvalue weighted by molar-refractivity contribution is 5.36. The van der Waals surface area contributed by atoms with Crippen molar-refractivity contribution in [2.24, 2.45) is 28.2 Å². The lowest BCUT2D eigenvalue weighted by Gasteiger charge is -2.40. The van der Waals surface area contributed by atoms with Crippen LogP contribution >= 0.6 is 0 Å². The van der Waals surface area contributed by atoms with E-state index in [0.717, 1.165) is 45.6 Å². The predicted molar refractivity (Wildman–Crippen MR) is 161 cm³/mol. The number of aryl methyl sites for hydroxylation is 4. The Morgan fingerprint density at radius 2 is 0.721 bits per heavy atom. The third-order valence-corrected chi connectivity index (χ3v) is 9.76. The van der Waals surface area contributed by atoms with E-state index in [4.69, 9.17) is 29.4 Å². The first-order chi connectivity index (χ1) is 19.8. The van der Waals surface area contributed by atoms with Crippen molar-refractivity contribution in [3.8, 4) is 0 Å². The van der Waals surface area contributed by atoms with E-state index in [1.807, 2.05) is 102 Å². The molecule has 12 nitrogen and oxygen atoms in total. The van der Waals surface area contributed by atoms with Crippen molar-refractivity contribution in [2.45, 2.75) is 98.4 Å². The van der Waals surface area contributed by atoms with Gasteiger partial charge in [0, 0.05) is 51.0 Å². The van der Waals surface area contributed by atoms with Gasteiger partial charge in [-0.05, 0) is 69.2 Å². The van der Waals surface area contributed by atoms with Crippen LogP contribution < -0.4 is 0 Å². The van der Waals surface area contributed by atoms with E-state index >= 15 is 0 Å². The van der Waals surface area contributed by atoms with Crippen LogP contribution in [0.15, 0.2) is 0 Å². The first-order valence-electron chi connectivity index (χ1n) is 14.6. The van der Waals surface area contributed by atoms with Crippen LogP contribution in [0.2, 0.25) is 0 Å². The summed E-state index contributed by atoms with van der Waals surface area (Å²) < 4.78 is 20.8. The van der Waals surface area contributed by atoms with Crippen LogP contribution in [0.1, 0.15) is 82.7 Å². The number of hydrogen-bond donors (Lipinski definition) is 2. The third-order valence-electron chi connectivity index (χ3n) is 9.76. The maximum atomic E-state index is 13.3. The van der Waals surface area contributed by atoms with Gasteiger partial charge in [0.25, 0.3) is 0 Å². The molecule has 234 valence electrons. The van der Waals surface area contributed by atoms with E-state index in [-0.39, 0.29) is 0 Å². The van der Waals surface area contributed by atoms with Crippen LogP contribution in [0.5, 0.6) is 0 Å². The highest BCUT2D eigenvalue weighted by Crippen LogP contribution is 2.50. The number of imidazole rings is 4. The summed E-state index contributed by atoms with van der Waals surface area (Å²) in [4.78, 5) is 19.5. The highest BCUT2D eigenvalue weighted by atomic mass is 16.8. The summed E-state index contributed by atoms with van der Waals surface area (Å²) in [5.41, 5.74) is 2.61. The molecule has 43 heavy (non-hydrogen) atoms. The van der Waals surface area contributed by atoms with Gasteiger partial charge in [0.1, 0.15) is 12.2 Å². The van der Waals surface area contributed by atoms with Crippen molar-refractivity contribution in [1.29, 1.82) is 0 Å². The van der Waals surface area contributed by atoms with Gasteiger partial charge >= 0.3 is 0 Å². The first-order valence-corrected chi connectivity index (χ1v) is 14.6. The zero-order chi connectivity index (χ0) is 32.1. The maximum absolute atomic E-state index is 13.3. The molecule has 1 aliphatic rings. The average Bonchev–Trinajstić information content (AvgIpc) is 3.67. The lowest BCUT2D eigenvalue weighted by molar-refractivity contribution is -0.174. The van der Waals surface area contributed by atoms with Gasteiger partial charge in [0.15, 0.2) is 29.1 Å². The molecule has 1 aliphatic heterocycles.